The Labute approximate surface area is 198 Å². The van der Waals surface area contributed by atoms with Crippen molar-refractivity contribution in [3.63, 3.8) is 0 Å². The summed E-state index contributed by atoms with van der Waals surface area (Å²) in [6, 6.07) is 14.0. The molecule has 0 aliphatic heterocycles. The number of para-hydroxylation sites is 1. The lowest BCUT2D eigenvalue weighted by Gasteiger charge is -2.22. The monoisotopic (exact) mass is 483 g/mol. The molecule has 0 bridgehead atoms. The molecule has 0 unspecified atom stereocenters. The zero-order chi connectivity index (χ0) is 20.8. The summed E-state index contributed by atoms with van der Waals surface area (Å²) in [5.74, 6) is 0.842. The lowest BCUT2D eigenvalue weighted by Crippen LogP contribution is -2.36. The first-order valence-corrected chi connectivity index (χ1v) is 11.9. The third kappa shape index (κ3) is 6.59. The highest BCUT2D eigenvalue weighted by Crippen LogP contribution is 2.31. The van der Waals surface area contributed by atoms with Crippen molar-refractivity contribution in [2.75, 3.05) is 37.8 Å². The molecule has 30 heavy (non-hydrogen) atoms. The van der Waals surface area contributed by atoms with E-state index in [1.54, 1.807) is 23.1 Å². The van der Waals surface area contributed by atoms with Crippen LogP contribution < -0.4 is 4.90 Å². The van der Waals surface area contributed by atoms with Gasteiger partial charge < -0.3 is 4.90 Å². The Morgan fingerprint density at radius 3 is 2.53 bits per heavy atom. The molecule has 1 amide bonds. The van der Waals surface area contributed by atoms with Gasteiger partial charge in [0, 0.05) is 35.2 Å². The standard InChI is InChI=1S/C22H26ClN3OS2.ClH/c1-4-16-6-5-7-19-21(16)24-22(29-19)26(14-13-25(2)3)20(27)12-15-28-18-10-8-17(23)9-11-18;/h5-11H,4,12-15H2,1-3H3;1H. The molecule has 1 aromatic heterocycles. The lowest BCUT2D eigenvalue weighted by atomic mass is 10.1. The molecule has 3 aromatic rings. The lowest BCUT2D eigenvalue weighted by molar-refractivity contribution is -0.118. The molecular weight excluding hydrogens is 457 g/mol. The number of hydrogen-bond donors (Lipinski definition) is 0. The van der Waals surface area contributed by atoms with Crippen molar-refractivity contribution in [2.24, 2.45) is 0 Å². The van der Waals surface area contributed by atoms with E-state index < -0.39 is 0 Å². The molecule has 0 saturated heterocycles. The van der Waals surface area contributed by atoms with E-state index in [2.05, 4.69) is 30.0 Å². The number of halogens is 2. The summed E-state index contributed by atoms with van der Waals surface area (Å²) >= 11 is 9.21. The molecule has 0 aliphatic carbocycles. The number of rotatable bonds is 9. The number of fused-ring (bicyclic) bond motifs is 1. The smallest absolute Gasteiger partial charge is 0.229 e. The highest BCUT2D eigenvalue weighted by atomic mass is 35.5. The molecule has 0 aliphatic rings. The number of aromatic nitrogens is 1. The van der Waals surface area contributed by atoms with E-state index in [9.17, 15) is 4.79 Å². The minimum atomic E-state index is 0. The Morgan fingerprint density at radius 2 is 1.87 bits per heavy atom. The number of nitrogens with zero attached hydrogens (tertiary/aromatic N) is 3. The quantitative estimate of drug-likeness (QED) is 0.349. The van der Waals surface area contributed by atoms with Crippen LogP contribution in [0, 0.1) is 0 Å². The Hall–Kier alpha value is -1.31. The summed E-state index contributed by atoms with van der Waals surface area (Å²) in [6.07, 6.45) is 1.40. The van der Waals surface area contributed by atoms with Crippen LogP contribution in [0.25, 0.3) is 10.2 Å². The summed E-state index contributed by atoms with van der Waals surface area (Å²) in [4.78, 5) is 23.0. The van der Waals surface area contributed by atoms with Gasteiger partial charge in [-0.3, -0.25) is 9.69 Å². The molecule has 0 radical (unpaired) electrons. The van der Waals surface area contributed by atoms with Gasteiger partial charge in [-0.15, -0.1) is 24.2 Å². The van der Waals surface area contributed by atoms with Crippen LogP contribution in [-0.4, -0.2) is 48.7 Å². The van der Waals surface area contributed by atoms with Gasteiger partial charge in [-0.25, -0.2) is 4.98 Å². The van der Waals surface area contributed by atoms with Gasteiger partial charge in [0.25, 0.3) is 0 Å². The van der Waals surface area contributed by atoms with Crippen molar-refractivity contribution in [1.82, 2.24) is 9.88 Å². The molecule has 1 heterocycles. The molecule has 0 saturated carbocycles. The highest BCUT2D eigenvalue weighted by Gasteiger charge is 2.20. The van der Waals surface area contributed by atoms with E-state index in [4.69, 9.17) is 16.6 Å². The van der Waals surface area contributed by atoms with Gasteiger partial charge >= 0.3 is 0 Å². The van der Waals surface area contributed by atoms with Crippen molar-refractivity contribution < 1.29 is 4.79 Å². The van der Waals surface area contributed by atoms with Crippen LogP contribution in [0.2, 0.25) is 5.02 Å². The maximum Gasteiger partial charge on any atom is 0.229 e. The van der Waals surface area contributed by atoms with Crippen LogP contribution >= 0.6 is 47.1 Å². The SMILES string of the molecule is CCc1cccc2sc(N(CCN(C)C)C(=O)CCSc3ccc(Cl)cc3)nc12.Cl. The predicted octanol–water partition coefficient (Wildman–Crippen LogP) is 6.01. The molecule has 0 atom stereocenters. The van der Waals surface area contributed by atoms with Crippen LogP contribution in [0.5, 0.6) is 0 Å². The third-order valence-electron chi connectivity index (χ3n) is 4.57. The van der Waals surface area contributed by atoms with Gasteiger partial charge in [-0.2, -0.15) is 0 Å². The Kier molecular flexibility index (Phi) is 9.91. The van der Waals surface area contributed by atoms with Crippen LogP contribution in [-0.2, 0) is 11.2 Å². The predicted molar refractivity (Wildman–Crippen MR) is 134 cm³/mol. The number of thioether (sulfide) groups is 1. The first-order chi connectivity index (χ1) is 14.0. The van der Waals surface area contributed by atoms with Crippen LogP contribution in [0.1, 0.15) is 18.9 Å². The Bertz CT molecular complexity index is 961. The average molecular weight is 485 g/mol. The summed E-state index contributed by atoms with van der Waals surface area (Å²) in [6.45, 7) is 3.57. The van der Waals surface area contributed by atoms with E-state index in [-0.39, 0.29) is 18.3 Å². The zero-order valence-corrected chi connectivity index (χ0v) is 20.6. The third-order valence-corrected chi connectivity index (χ3v) is 6.88. The topological polar surface area (TPSA) is 36.4 Å². The molecule has 3 rings (SSSR count). The zero-order valence-electron chi connectivity index (χ0n) is 17.4. The highest BCUT2D eigenvalue weighted by molar-refractivity contribution is 7.99. The molecule has 162 valence electrons. The van der Waals surface area contributed by atoms with Gasteiger partial charge in [0.2, 0.25) is 5.91 Å². The number of carbonyl (C=O) groups excluding carboxylic acids is 1. The van der Waals surface area contributed by atoms with E-state index in [1.807, 2.05) is 43.3 Å². The van der Waals surface area contributed by atoms with Crippen molar-refractivity contribution in [3.8, 4) is 0 Å². The van der Waals surface area contributed by atoms with Gasteiger partial charge in [-0.05, 0) is 56.4 Å². The van der Waals surface area contributed by atoms with Crippen molar-refractivity contribution in [2.45, 2.75) is 24.7 Å². The second kappa shape index (κ2) is 11.9. The minimum absolute atomic E-state index is 0. The fourth-order valence-electron chi connectivity index (χ4n) is 2.94. The summed E-state index contributed by atoms with van der Waals surface area (Å²) in [5, 5.41) is 1.52. The molecule has 0 N–H and O–H groups in total. The van der Waals surface area contributed by atoms with E-state index in [0.717, 1.165) is 44.0 Å². The molecule has 4 nitrogen and oxygen atoms in total. The average Bonchev–Trinajstić information content (AvgIpc) is 3.13. The molecule has 8 heteroatoms. The first kappa shape index (κ1) is 25.0. The number of likely N-dealkylation sites (N-methyl/N-ethyl adjacent to an activating group) is 1. The Morgan fingerprint density at radius 1 is 1.13 bits per heavy atom. The maximum atomic E-state index is 13.1. The fraction of sp³-hybridized carbons (Fsp3) is 0.364. The second-order valence-corrected chi connectivity index (χ2v) is 9.63. The summed E-state index contributed by atoms with van der Waals surface area (Å²) < 4.78 is 1.14. The first-order valence-electron chi connectivity index (χ1n) is 9.70. The number of aryl methyl sites for hydroxylation is 1. The summed E-state index contributed by atoms with van der Waals surface area (Å²) in [7, 11) is 4.04. The van der Waals surface area contributed by atoms with Gasteiger partial charge in [-0.1, -0.05) is 42.0 Å². The van der Waals surface area contributed by atoms with E-state index in [1.165, 1.54) is 5.56 Å². The normalized spacial score (nSPS) is 11.0. The van der Waals surface area contributed by atoms with Crippen molar-refractivity contribution >= 4 is 68.4 Å². The fourth-order valence-corrected chi connectivity index (χ4v) is 4.97. The minimum Gasteiger partial charge on any atom is -0.308 e. The van der Waals surface area contributed by atoms with Gasteiger partial charge in [0.1, 0.15) is 0 Å². The van der Waals surface area contributed by atoms with Crippen molar-refractivity contribution in [1.29, 1.82) is 0 Å². The van der Waals surface area contributed by atoms with Gasteiger partial charge in [0.15, 0.2) is 5.13 Å². The van der Waals surface area contributed by atoms with E-state index in [0.29, 0.717) is 13.0 Å². The molecule has 0 fully saturated rings. The number of benzene rings is 2. The number of hydrogen-bond acceptors (Lipinski definition) is 5. The van der Waals surface area contributed by atoms with Gasteiger partial charge in [0.05, 0.1) is 10.2 Å². The summed E-state index contributed by atoms with van der Waals surface area (Å²) in [5.41, 5.74) is 2.25. The number of carbonyl (C=O) groups is 1. The molecule has 0 spiro atoms. The van der Waals surface area contributed by atoms with E-state index >= 15 is 0 Å². The van der Waals surface area contributed by atoms with Crippen LogP contribution in [0.15, 0.2) is 47.4 Å². The number of thiazole rings is 1. The molecule has 2 aromatic carbocycles. The number of amides is 1. The largest absolute Gasteiger partial charge is 0.308 e. The number of anilines is 1. The maximum absolute atomic E-state index is 13.1. The van der Waals surface area contributed by atoms with Crippen LogP contribution in [0.4, 0.5) is 5.13 Å². The second-order valence-electron chi connectivity index (χ2n) is 7.01. The van der Waals surface area contributed by atoms with Crippen LogP contribution in [0.3, 0.4) is 0 Å². The van der Waals surface area contributed by atoms with Crippen molar-refractivity contribution in [3.05, 3.63) is 53.1 Å². The molecular formula is C22H27Cl2N3OS2. The Balaban J connectivity index is 0.00000320.